The first-order valence-electron chi connectivity index (χ1n) is 9.59. The third-order valence-electron chi connectivity index (χ3n) is 5.45. The average molecular weight is 379 g/mol. The highest BCUT2D eigenvalue weighted by molar-refractivity contribution is 6.04. The molecule has 2 aliphatic heterocycles. The van der Waals surface area contributed by atoms with Gasteiger partial charge in [-0.1, -0.05) is 0 Å². The maximum absolute atomic E-state index is 13.0. The number of hydrogen-bond acceptors (Lipinski definition) is 6. The van der Waals surface area contributed by atoms with Gasteiger partial charge in [0.05, 0.1) is 17.9 Å². The molecular weight excluding hydrogens is 358 g/mol. The standard InChI is InChI=1S/C19H21N7O2/c27-18(22-9-12-1-2-12)14-3-4-15-17(23-14)26(13-5-8-25(15)11-13)19(28)24-16-10-20-6-7-21-16/h3-4,6-7,10,12-13H,1-2,5,8-9,11H2,(H,22,27)(H,21,24,28)/t13-/m0/s1. The molecule has 3 aliphatic rings. The minimum Gasteiger partial charge on any atom is -0.366 e. The number of amides is 3. The van der Waals surface area contributed by atoms with Crippen molar-refractivity contribution in [2.45, 2.75) is 25.3 Å². The topological polar surface area (TPSA) is 103 Å². The summed E-state index contributed by atoms with van der Waals surface area (Å²) in [5.41, 5.74) is 1.21. The van der Waals surface area contributed by atoms with Crippen LogP contribution in [-0.4, -0.2) is 52.6 Å². The molecule has 1 atom stereocenters. The van der Waals surface area contributed by atoms with Gasteiger partial charge in [-0.2, -0.15) is 0 Å². The second kappa shape index (κ2) is 6.74. The summed E-state index contributed by atoms with van der Waals surface area (Å²) in [5.74, 6) is 1.30. The fraction of sp³-hybridized carbons (Fsp3) is 0.421. The third kappa shape index (κ3) is 3.12. The molecule has 9 heteroatoms. The molecule has 2 N–H and O–H groups in total. The van der Waals surface area contributed by atoms with E-state index in [4.69, 9.17) is 0 Å². The van der Waals surface area contributed by atoms with E-state index in [2.05, 4.69) is 30.5 Å². The monoisotopic (exact) mass is 379 g/mol. The molecule has 1 aliphatic carbocycles. The van der Waals surface area contributed by atoms with Gasteiger partial charge in [0.25, 0.3) is 5.91 Å². The Labute approximate surface area is 162 Å². The van der Waals surface area contributed by atoms with Crippen molar-refractivity contribution < 1.29 is 9.59 Å². The molecule has 2 bridgehead atoms. The Morgan fingerprint density at radius 3 is 2.86 bits per heavy atom. The van der Waals surface area contributed by atoms with Crippen LogP contribution >= 0.6 is 0 Å². The van der Waals surface area contributed by atoms with Gasteiger partial charge in [-0.15, -0.1) is 0 Å². The minimum atomic E-state index is -0.309. The van der Waals surface area contributed by atoms with Gasteiger partial charge in [0.2, 0.25) is 0 Å². The molecule has 9 nitrogen and oxygen atoms in total. The van der Waals surface area contributed by atoms with E-state index in [0.717, 1.165) is 25.2 Å². The zero-order valence-corrected chi connectivity index (χ0v) is 15.3. The van der Waals surface area contributed by atoms with Crippen molar-refractivity contribution in [3.8, 4) is 0 Å². The van der Waals surface area contributed by atoms with E-state index in [9.17, 15) is 9.59 Å². The number of pyridine rings is 1. The van der Waals surface area contributed by atoms with Gasteiger partial charge >= 0.3 is 6.03 Å². The molecule has 1 saturated heterocycles. The molecule has 1 saturated carbocycles. The second-order valence-electron chi connectivity index (χ2n) is 7.47. The number of rotatable bonds is 4. The quantitative estimate of drug-likeness (QED) is 0.837. The van der Waals surface area contributed by atoms with Gasteiger partial charge < -0.3 is 10.2 Å². The molecular formula is C19H21N7O2. The van der Waals surface area contributed by atoms with Crippen molar-refractivity contribution in [2.24, 2.45) is 5.92 Å². The van der Waals surface area contributed by atoms with E-state index in [-0.39, 0.29) is 18.0 Å². The molecule has 28 heavy (non-hydrogen) atoms. The van der Waals surface area contributed by atoms with E-state index >= 15 is 0 Å². The maximum atomic E-state index is 13.0. The van der Waals surface area contributed by atoms with Crippen molar-refractivity contribution in [2.75, 3.05) is 34.8 Å². The summed E-state index contributed by atoms with van der Waals surface area (Å²) in [7, 11) is 0. The molecule has 0 aromatic carbocycles. The Morgan fingerprint density at radius 1 is 1.18 bits per heavy atom. The first-order valence-corrected chi connectivity index (χ1v) is 9.59. The smallest absolute Gasteiger partial charge is 0.329 e. The summed E-state index contributed by atoms with van der Waals surface area (Å²) in [6, 6.07) is 3.33. The van der Waals surface area contributed by atoms with Gasteiger partial charge in [-0.25, -0.2) is 14.8 Å². The van der Waals surface area contributed by atoms with Crippen molar-refractivity contribution in [3.63, 3.8) is 0 Å². The summed E-state index contributed by atoms with van der Waals surface area (Å²) < 4.78 is 0. The van der Waals surface area contributed by atoms with Crippen LogP contribution in [0.15, 0.2) is 30.7 Å². The number of hydrogen-bond donors (Lipinski definition) is 2. The Kier molecular flexibility index (Phi) is 4.07. The average Bonchev–Trinajstić information content (AvgIpc) is 3.46. The number of carbonyl (C=O) groups excluding carboxylic acids is 2. The highest BCUT2D eigenvalue weighted by Crippen LogP contribution is 2.39. The molecule has 2 fully saturated rings. The van der Waals surface area contributed by atoms with Crippen molar-refractivity contribution in [3.05, 3.63) is 36.4 Å². The van der Waals surface area contributed by atoms with Gasteiger partial charge in [-0.05, 0) is 37.3 Å². The van der Waals surface area contributed by atoms with Crippen LogP contribution in [0, 0.1) is 5.92 Å². The van der Waals surface area contributed by atoms with Gasteiger partial charge in [0.15, 0.2) is 11.6 Å². The number of anilines is 3. The SMILES string of the molecule is O=C(NCC1CC1)c1ccc2c(n1)N(C(=O)Nc1cnccn1)[C@H]1CCN2C1. The highest BCUT2D eigenvalue weighted by Gasteiger charge is 2.40. The Hall–Kier alpha value is -3.23. The van der Waals surface area contributed by atoms with Gasteiger partial charge in [-0.3, -0.25) is 20.0 Å². The minimum absolute atomic E-state index is 0.0152. The molecule has 3 amide bonds. The van der Waals surface area contributed by atoms with Crippen LogP contribution in [0.5, 0.6) is 0 Å². The second-order valence-corrected chi connectivity index (χ2v) is 7.47. The number of fused-ring (bicyclic) bond motifs is 4. The van der Waals surface area contributed by atoms with Gasteiger partial charge in [0.1, 0.15) is 5.69 Å². The normalized spacial score (nSPS) is 19.9. The van der Waals surface area contributed by atoms with Crippen LogP contribution in [0.2, 0.25) is 0 Å². The molecule has 0 spiro atoms. The first-order chi connectivity index (χ1) is 13.7. The van der Waals surface area contributed by atoms with Crippen LogP contribution in [-0.2, 0) is 0 Å². The summed E-state index contributed by atoms with van der Waals surface area (Å²) >= 11 is 0. The molecule has 4 heterocycles. The summed E-state index contributed by atoms with van der Waals surface area (Å²) in [4.78, 5) is 42.0. The lowest BCUT2D eigenvalue weighted by Gasteiger charge is -2.35. The molecule has 5 rings (SSSR count). The molecule has 2 aromatic rings. The fourth-order valence-electron chi connectivity index (χ4n) is 3.78. The number of aromatic nitrogens is 3. The van der Waals surface area contributed by atoms with Crippen molar-refractivity contribution in [1.82, 2.24) is 20.3 Å². The first kappa shape index (κ1) is 16.9. The zero-order valence-electron chi connectivity index (χ0n) is 15.3. The molecule has 144 valence electrons. The van der Waals surface area contributed by atoms with Crippen LogP contribution < -0.4 is 20.4 Å². The largest absolute Gasteiger partial charge is 0.366 e. The van der Waals surface area contributed by atoms with Crippen molar-refractivity contribution in [1.29, 1.82) is 0 Å². The van der Waals surface area contributed by atoms with Crippen molar-refractivity contribution >= 4 is 29.3 Å². The van der Waals surface area contributed by atoms with Crippen LogP contribution in [0.1, 0.15) is 29.8 Å². The lowest BCUT2D eigenvalue weighted by Crippen LogP contribution is -2.48. The number of carbonyl (C=O) groups is 2. The fourth-order valence-corrected chi connectivity index (χ4v) is 3.78. The van der Waals surface area contributed by atoms with Crippen LogP contribution in [0.3, 0.4) is 0 Å². The predicted octanol–water partition coefficient (Wildman–Crippen LogP) is 1.64. The van der Waals surface area contributed by atoms with Crippen LogP contribution in [0.25, 0.3) is 0 Å². The summed E-state index contributed by atoms with van der Waals surface area (Å²) in [6.45, 7) is 2.31. The summed E-state index contributed by atoms with van der Waals surface area (Å²) in [5, 5.41) is 5.72. The molecule has 2 aromatic heterocycles. The van der Waals surface area contributed by atoms with Gasteiger partial charge in [0, 0.05) is 32.0 Å². The van der Waals surface area contributed by atoms with E-state index in [0.29, 0.717) is 29.8 Å². The van der Waals surface area contributed by atoms with E-state index in [1.807, 2.05) is 6.07 Å². The Balaban J connectivity index is 1.43. The number of urea groups is 1. The Morgan fingerprint density at radius 2 is 2.07 bits per heavy atom. The lowest BCUT2D eigenvalue weighted by molar-refractivity contribution is 0.0947. The maximum Gasteiger partial charge on any atom is 0.329 e. The lowest BCUT2D eigenvalue weighted by atomic mass is 10.1. The van der Waals surface area contributed by atoms with E-state index in [1.54, 1.807) is 17.2 Å². The van der Waals surface area contributed by atoms with E-state index < -0.39 is 0 Å². The number of nitrogens with zero attached hydrogens (tertiary/aromatic N) is 5. The van der Waals surface area contributed by atoms with Crippen LogP contribution in [0.4, 0.5) is 22.1 Å². The summed E-state index contributed by atoms with van der Waals surface area (Å²) in [6.07, 6.45) is 7.77. The number of nitrogens with one attached hydrogen (secondary N) is 2. The van der Waals surface area contributed by atoms with E-state index in [1.165, 1.54) is 25.2 Å². The highest BCUT2D eigenvalue weighted by atomic mass is 16.2. The molecule has 0 radical (unpaired) electrons. The zero-order chi connectivity index (χ0) is 19.1. The predicted molar refractivity (Wildman–Crippen MR) is 103 cm³/mol. The Bertz CT molecular complexity index is 916. The molecule has 0 unspecified atom stereocenters. The third-order valence-corrected chi connectivity index (χ3v) is 5.45.